The average Bonchev–Trinajstić information content (AvgIpc) is 2.94. The van der Waals surface area contributed by atoms with Crippen LogP contribution in [0, 0.1) is 11.3 Å². The highest BCUT2D eigenvalue weighted by Crippen LogP contribution is 2.48. The number of ether oxygens (including phenoxy) is 1. The zero-order valence-corrected chi connectivity index (χ0v) is 8.79. The second-order valence-corrected chi connectivity index (χ2v) is 4.65. The third kappa shape index (κ3) is 1.23. The lowest BCUT2D eigenvalue weighted by molar-refractivity contribution is 0.254. The van der Waals surface area contributed by atoms with E-state index in [1.807, 2.05) is 12.1 Å². The molecule has 0 spiro atoms. The quantitative estimate of drug-likeness (QED) is 0.696. The van der Waals surface area contributed by atoms with E-state index < -0.39 is 0 Å². The first-order chi connectivity index (χ1) is 7.23. The molecule has 1 saturated carbocycles. The minimum atomic E-state index is -0.166. The van der Waals surface area contributed by atoms with E-state index in [0.717, 1.165) is 25.0 Å². The van der Waals surface area contributed by atoms with Crippen molar-refractivity contribution in [2.45, 2.75) is 37.7 Å². The van der Waals surface area contributed by atoms with Gasteiger partial charge in [-0.2, -0.15) is 5.26 Å². The van der Waals surface area contributed by atoms with Crippen molar-refractivity contribution in [3.05, 3.63) is 29.3 Å². The molecule has 1 atom stereocenters. The fraction of sp³-hybridized carbons (Fsp3) is 0.462. The normalized spacial score (nSPS) is 25.2. The Hall–Kier alpha value is -1.49. The maximum absolute atomic E-state index is 9.13. The van der Waals surface area contributed by atoms with Crippen LogP contribution in [-0.2, 0) is 11.8 Å². The number of fused-ring (bicyclic) bond motifs is 1. The molecule has 1 heterocycles. The van der Waals surface area contributed by atoms with Gasteiger partial charge in [-0.3, -0.25) is 0 Å². The van der Waals surface area contributed by atoms with Gasteiger partial charge in [-0.15, -0.1) is 0 Å². The summed E-state index contributed by atoms with van der Waals surface area (Å²) in [5.74, 6) is 1.000. The molecule has 1 aromatic carbocycles. The van der Waals surface area contributed by atoms with E-state index in [1.165, 1.54) is 11.1 Å². The summed E-state index contributed by atoms with van der Waals surface area (Å²) in [4.78, 5) is 0. The first-order valence-corrected chi connectivity index (χ1v) is 5.45. The Morgan fingerprint density at radius 3 is 2.93 bits per heavy atom. The van der Waals surface area contributed by atoms with Crippen molar-refractivity contribution < 1.29 is 4.74 Å². The van der Waals surface area contributed by atoms with Gasteiger partial charge >= 0.3 is 0 Å². The topological polar surface area (TPSA) is 33.0 Å². The summed E-state index contributed by atoms with van der Waals surface area (Å²) in [5, 5.41) is 9.13. The van der Waals surface area contributed by atoms with Crippen LogP contribution in [0.2, 0.25) is 0 Å². The second kappa shape index (κ2) is 2.76. The van der Waals surface area contributed by atoms with Gasteiger partial charge in [0, 0.05) is 6.42 Å². The van der Waals surface area contributed by atoms with Crippen LogP contribution in [0.5, 0.6) is 5.75 Å². The average molecular weight is 199 g/mol. The Bertz CT molecular complexity index is 454. The summed E-state index contributed by atoms with van der Waals surface area (Å²) in [6, 6.07) is 8.66. The number of hydrogen-bond donors (Lipinski definition) is 0. The van der Waals surface area contributed by atoms with Gasteiger partial charge < -0.3 is 4.74 Å². The van der Waals surface area contributed by atoms with Crippen molar-refractivity contribution in [2.24, 2.45) is 0 Å². The van der Waals surface area contributed by atoms with Crippen LogP contribution >= 0.6 is 0 Å². The van der Waals surface area contributed by atoms with Crippen LogP contribution in [0.4, 0.5) is 0 Å². The van der Waals surface area contributed by atoms with Crippen LogP contribution in [-0.4, -0.2) is 6.10 Å². The summed E-state index contributed by atoms with van der Waals surface area (Å²) in [6.07, 6.45) is 3.29. The van der Waals surface area contributed by atoms with Crippen LogP contribution in [0.3, 0.4) is 0 Å². The molecule has 0 N–H and O–H groups in total. The van der Waals surface area contributed by atoms with E-state index >= 15 is 0 Å². The Labute approximate surface area is 89.5 Å². The molecule has 0 bridgehead atoms. The van der Waals surface area contributed by atoms with Gasteiger partial charge in [0.25, 0.3) is 0 Å². The molecule has 0 saturated heterocycles. The molecule has 1 aliphatic heterocycles. The molecule has 1 aliphatic carbocycles. The maximum Gasteiger partial charge on any atom is 0.123 e. The van der Waals surface area contributed by atoms with Gasteiger partial charge in [0.2, 0.25) is 0 Å². The molecule has 1 fully saturated rings. The monoisotopic (exact) mass is 199 g/mol. The van der Waals surface area contributed by atoms with E-state index in [2.05, 4.69) is 19.1 Å². The largest absolute Gasteiger partial charge is 0.490 e. The molecule has 1 unspecified atom stereocenters. The standard InChI is InChI=1S/C13H13NO/c1-9-6-10-7-11(2-3-12(10)15-9)13(8-14)4-5-13/h2-3,7,9H,4-6H2,1H3. The molecule has 2 heteroatoms. The Balaban J connectivity index is 2.01. The fourth-order valence-electron chi connectivity index (χ4n) is 2.31. The van der Waals surface area contributed by atoms with Crippen molar-refractivity contribution >= 4 is 0 Å². The number of nitriles is 1. The smallest absolute Gasteiger partial charge is 0.123 e. The van der Waals surface area contributed by atoms with Crippen molar-refractivity contribution in [1.82, 2.24) is 0 Å². The van der Waals surface area contributed by atoms with E-state index in [9.17, 15) is 0 Å². The van der Waals surface area contributed by atoms with Crippen LogP contribution in [0.15, 0.2) is 18.2 Å². The Morgan fingerprint density at radius 1 is 1.47 bits per heavy atom. The zero-order valence-electron chi connectivity index (χ0n) is 8.79. The molecule has 0 radical (unpaired) electrons. The minimum absolute atomic E-state index is 0.166. The van der Waals surface area contributed by atoms with Gasteiger partial charge in [-0.25, -0.2) is 0 Å². The summed E-state index contributed by atoms with van der Waals surface area (Å²) in [7, 11) is 0. The van der Waals surface area contributed by atoms with Crippen LogP contribution in [0.25, 0.3) is 0 Å². The molecule has 3 rings (SSSR count). The summed E-state index contributed by atoms with van der Waals surface area (Å²) < 4.78 is 5.65. The van der Waals surface area contributed by atoms with E-state index in [0.29, 0.717) is 0 Å². The summed E-state index contributed by atoms with van der Waals surface area (Å²) >= 11 is 0. The summed E-state index contributed by atoms with van der Waals surface area (Å²) in [5.41, 5.74) is 2.28. The highest BCUT2D eigenvalue weighted by atomic mass is 16.5. The maximum atomic E-state index is 9.13. The van der Waals surface area contributed by atoms with Gasteiger partial charge in [0.1, 0.15) is 11.9 Å². The van der Waals surface area contributed by atoms with Crippen molar-refractivity contribution in [2.75, 3.05) is 0 Å². The van der Waals surface area contributed by atoms with E-state index in [4.69, 9.17) is 10.00 Å². The SMILES string of the molecule is CC1Cc2cc(C3(C#N)CC3)ccc2O1. The lowest BCUT2D eigenvalue weighted by Crippen LogP contribution is -2.05. The molecule has 2 aliphatic rings. The van der Waals surface area contributed by atoms with E-state index in [1.54, 1.807) is 0 Å². The third-order valence-electron chi connectivity index (χ3n) is 3.41. The van der Waals surface area contributed by atoms with Crippen LogP contribution < -0.4 is 4.74 Å². The Morgan fingerprint density at radius 2 is 2.27 bits per heavy atom. The molecular weight excluding hydrogens is 186 g/mol. The predicted octanol–water partition coefficient (Wildman–Crippen LogP) is 2.57. The molecule has 0 amide bonds. The van der Waals surface area contributed by atoms with Crippen molar-refractivity contribution in [3.63, 3.8) is 0 Å². The molecule has 76 valence electrons. The van der Waals surface area contributed by atoms with E-state index in [-0.39, 0.29) is 11.5 Å². The zero-order chi connectivity index (χ0) is 10.5. The van der Waals surface area contributed by atoms with Crippen LogP contribution in [0.1, 0.15) is 30.9 Å². The molecule has 2 nitrogen and oxygen atoms in total. The predicted molar refractivity (Wildman–Crippen MR) is 56.8 cm³/mol. The minimum Gasteiger partial charge on any atom is -0.490 e. The summed E-state index contributed by atoms with van der Waals surface area (Å²) in [6.45, 7) is 2.08. The first kappa shape index (κ1) is 8.79. The van der Waals surface area contributed by atoms with Gasteiger partial charge in [-0.05, 0) is 37.0 Å². The first-order valence-electron chi connectivity index (χ1n) is 5.45. The van der Waals surface area contributed by atoms with Crippen molar-refractivity contribution in [3.8, 4) is 11.8 Å². The lowest BCUT2D eigenvalue weighted by Gasteiger charge is -2.07. The lowest BCUT2D eigenvalue weighted by atomic mass is 9.95. The number of benzene rings is 1. The van der Waals surface area contributed by atoms with Gasteiger partial charge in [-0.1, -0.05) is 12.1 Å². The molecule has 15 heavy (non-hydrogen) atoms. The Kier molecular flexibility index (Phi) is 1.62. The highest BCUT2D eigenvalue weighted by Gasteiger charge is 2.45. The van der Waals surface area contributed by atoms with Gasteiger partial charge in [0.15, 0.2) is 0 Å². The molecule has 0 aromatic heterocycles. The van der Waals surface area contributed by atoms with Gasteiger partial charge in [0.05, 0.1) is 11.5 Å². The van der Waals surface area contributed by atoms with Crippen molar-refractivity contribution in [1.29, 1.82) is 5.26 Å². The fourth-order valence-corrected chi connectivity index (χ4v) is 2.31. The third-order valence-corrected chi connectivity index (χ3v) is 3.41. The number of nitrogens with zero attached hydrogens (tertiary/aromatic N) is 1. The second-order valence-electron chi connectivity index (χ2n) is 4.65. The number of rotatable bonds is 1. The highest BCUT2D eigenvalue weighted by molar-refractivity contribution is 5.47. The number of hydrogen-bond acceptors (Lipinski definition) is 2. The molecular formula is C13H13NO. The molecule has 1 aromatic rings.